The summed E-state index contributed by atoms with van der Waals surface area (Å²) in [4.78, 5) is 32.8. The SMILES string of the molecule is C=C/C=N\C(=C/N)Nc1cc2ccn(CCC(N)=O)c(=O)c2c(NC(C)(C)C)n1. The van der Waals surface area contributed by atoms with E-state index in [1.807, 2.05) is 20.8 Å². The number of allylic oxidation sites excluding steroid dienone is 1. The molecule has 2 aromatic heterocycles. The van der Waals surface area contributed by atoms with Crippen LogP contribution >= 0.6 is 0 Å². The summed E-state index contributed by atoms with van der Waals surface area (Å²) >= 11 is 0. The van der Waals surface area contributed by atoms with Crippen LogP contribution in [0.15, 0.2) is 52.8 Å². The average molecular weight is 397 g/mol. The summed E-state index contributed by atoms with van der Waals surface area (Å²) < 4.78 is 1.45. The Morgan fingerprint density at radius 1 is 1.41 bits per heavy atom. The van der Waals surface area contributed by atoms with Crippen LogP contribution in [0.5, 0.6) is 0 Å². The number of hydrogen-bond acceptors (Lipinski definition) is 7. The molecule has 2 aromatic rings. The number of hydrogen-bond donors (Lipinski definition) is 4. The lowest BCUT2D eigenvalue weighted by Crippen LogP contribution is -2.29. The molecule has 0 aliphatic heterocycles. The fourth-order valence-electron chi connectivity index (χ4n) is 2.60. The molecule has 0 aromatic carbocycles. The maximum Gasteiger partial charge on any atom is 0.262 e. The lowest BCUT2D eigenvalue weighted by molar-refractivity contribution is -0.118. The number of aliphatic imine (C=N–C) groups is 1. The molecule has 0 bridgehead atoms. The van der Waals surface area contributed by atoms with Crippen molar-refractivity contribution < 1.29 is 4.79 Å². The molecule has 29 heavy (non-hydrogen) atoms. The summed E-state index contributed by atoms with van der Waals surface area (Å²) in [5.41, 5.74) is 10.2. The van der Waals surface area contributed by atoms with Crippen molar-refractivity contribution in [2.24, 2.45) is 16.5 Å². The quantitative estimate of drug-likeness (QED) is 0.502. The number of carbonyl (C=O) groups is 1. The zero-order valence-corrected chi connectivity index (χ0v) is 16.9. The third-order valence-electron chi connectivity index (χ3n) is 3.78. The van der Waals surface area contributed by atoms with Crippen LogP contribution in [-0.4, -0.2) is 27.2 Å². The van der Waals surface area contributed by atoms with Crippen molar-refractivity contribution in [1.82, 2.24) is 9.55 Å². The minimum atomic E-state index is -0.469. The van der Waals surface area contributed by atoms with Crippen LogP contribution < -0.4 is 27.7 Å². The highest BCUT2D eigenvalue weighted by atomic mass is 16.1. The number of nitrogens with two attached hydrogens (primary N) is 2. The molecule has 2 heterocycles. The van der Waals surface area contributed by atoms with Gasteiger partial charge in [0.25, 0.3) is 5.56 Å². The summed E-state index contributed by atoms with van der Waals surface area (Å²) in [6.07, 6.45) is 6.05. The topological polar surface area (TPSA) is 140 Å². The Bertz CT molecular complexity index is 1030. The van der Waals surface area contributed by atoms with Crippen molar-refractivity contribution in [2.75, 3.05) is 10.6 Å². The third-order valence-corrected chi connectivity index (χ3v) is 3.78. The number of aromatic nitrogens is 2. The van der Waals surface area contributed by atoms with Crippen LogP contribution in [0.2, 0.25) is 0 Å². The summed E-state index contributed by atoms with van der Waals surface area (Å²) in [5.74, 6) is 0.800. The Balaban J connectivity index is 2.59. The van der Waals surface area contributed by atoms with E-state index in [9.17, 15) is 9.59 Å². The number of primary amides is 1. The Labute approximate surface area is 169 Å². The van der Waals surface area contributed by atoms with E-state index in [0.717, 1.165) is 0 Å². The van der Waals surface area contributed by atoms with Gasteiger partial charge in [-0.05, 0) is 38.3 Å². The normalized spacial score (nSPS) is 12.3. The second kappa shape index (κ2) is 9.05. The second-order valence-electron chi connectivity index (χ2n) is 7.42. The first kappa shape index (κ1) is 21.7. The standard InChI is InChI=1S/C20H27N7O2/c1-5-8-23-16(12-21)24-15-11-13-6-9-27(10-7-14(22)28)19(29)17(13)18(25-15)26-20(2,3)4/h5-6,8-9,11-12H,1,7,10,21H2,2-4H3,(H2,22,28)(H2,24,25,26)/b16-12+,23-8-. The minimum absolute atomic E-state index is 0.0759. The number of carbonyl (C=O) groups excluding carboxylic acids is 1. The molecule has 0 spiro atoms. The first-order valence-corrected chi connectivity index (χ1v) is 9.09. The molecule has 0 aliphatic rings. The Morgan fingerprint density at radius 3 is 2.72 bits per heavy atom. The first-order chi connectivity index (χ1) is 13.6. The molecule has 0 fully saturated rings. The van der Waals surface area contributed by atoms with E-state index < -0.39 is 5.91 Å². The summed E-state index contributed by atoms with van der Waals surface area (Å²) in [5, 5.41) is 7.40. The molecule has 6 N–H and O–H groups in total. The molecule has 0 atom stereocenters. The van der Waals surface area contributed by atoms with Crippen molar-refractivity contribution in [1.29, 1.82) is 0 Å². The van der Waals surface area contributed by atoms with E-state index in [1.54, 1.807) is 18.3 Å². The van der Waals surface area contributed by atoms with Gasteiger partial charge in [-0.3, -0.25) is 9.59 Å². The van der Waals surface area contributed by atoms with Crippen LogP contribution in [0.3, 0.4) is 0 Å². The molecule has 0 saturated carbocycles. The monoisotopic (exact) mass is 397 g/mol. The Hall–Kier alpha value is -3.62. The molecule has 0 radical (unpaired) electrons. The highest BCUT2D eigenvalue weighted by Gasteiger charge is 2.17. The van der Waals surface area contributed by atoms with Gasteiger partial charge in [-0.2, -0.15) is 0 Å². The number of fused-ring (bicyclic) bond motifs is 1. The number of aryl methyl sites for hydroxylation is 1. The summed E-state index contributed by atoms with van der Waals surface area (Å²) in [7, 11) is 0. The number of anilines is 2. The lowest BCUT2D eigenvalue weighted by Gasteiger charge is -2.23. The first-order valence-electron chi connectivity index (χ1n) is 9.09. The number of rotatable bonds is 8. The fraction of sp³-hybridized carbons (Fsp3) is 0.300. The van der Waals surface area contributed by atoms with Gasteiger partial charge in [0.1, 0.15) is 17.5 Å². The maximum atomic E-state index is 13.0. The van der Waals surface area contributed by atoms with E-state index in [4.69, 9.17) is 11.5 Å². The van der Waals surface area contributed by atoms with Crippen molar-refractivity contribution >= 4 is 34.5 Å². The van der Waals surface area contributed by atoms with Gasteiger partial charge < -0.3 is 26.7 Å². The van der Waals surface area contributed by atoms with E-state index in [0.29, 0.717) is 28.2 Å². The van der Waals surface area contributed by atoms with E-state index in [2.05, 4.69) is 27.2 Å². The molecule has 154 valence electrons. The smallest absolute Gasteiger partial charge is 0.262 e. The number of amides is 1. The molecule has 0 aliphatic carbocycles. The van der Waals surface area contributed by atoms with Gasteiger partial charge in [-0.25, -0.2) is 9.98 Å². The molecular weight excluding hydrogens is 370 g/mol. The summed E-state index contributed by atoms with van der Waals surface area (Å²) in [6, 6.07) is 3.52. The summed E-state index contributed by atoms with van der Waals surface area (Å²) in [6.45, 7) is 9.68. The Kier molecular flexibility index (Phi) is 6.76. The molecule has 0 unspecified atom stereocenters. The zero-order chi connectivity index (χ0) is 21.6. The fourth-order valence-corrected chi connectivity index (χ4v) is 2.60. The van der Waals surface area contributed by atoms with Gasteiger partial charge in [0.05, 0.1) is 5.39 Å². The lowest BCUT2D eigenvalue weighted by atomic mass is 10.1. The van der Waals surface area contributed by atoms with Gasteiger partial charge in [-0.1, -0.05) is 12.7 Å². The van der Waals surface area contributed by atoms with Crippen LogP contribution in [0.25, 0.3) is 10.8 Å². The van der Waals surface area contributed by atoms with Gasteiger partial charge in [-0.15, -0.1) is 0 Å². The van der Waals surface area contributed by atoms with Crippen LogP contribution in [0, 0.1) is 0 Å². The molecule has 2 rings (SSSR count). The van der Waals surface area contributed by atoms with E-state index in [-0.39, 0.29) is 24.1 Å². The van der Waals surface area contributed by atoms with E-state index >= 15 is 0 Å². The molecule has 1 amide bonds. The Morgan fingerprint density at radius 2 is 2.14 bits per heavy atom. The predicted molar refractivity (Wildman–Crippen MR) is 118 cm³/mol. The predicted octanol–water partition coefficient (Wildman–Crippen LogP) is 1.91. The molecule has 9 nitrogen and oxygen atoms in total. The largest absolute Gasteiger partial charge is 0.402 e. The van der Waals surface area contributed by atoms with Gasteiger partial charge >= 0.3 is 0 Å². The van der Waals surface area contributed by atoms with Crippen molar-refractivity contribution in [3.05, 3.63) is 53.4 Å². The zero-order valence-electron chi connectivity index (χ0n) is 16.9. The second-order valence-corrected chi connectivity index (χ2v) is 7.42. The molecule has 0 saturated heterocycles. The molecule has 9 heteroatoms. The van der Waals surface area contributed by atoms with Crippen molar-refractivity contribution in [3.63, 3.8) is 0 Å². The van der Waals surface area contributed by atoms with Crippen LogP contribution in [-0.2, 0) is 11.3 Å². The number of nitrogens with one attached hydrogen (secondary N) is 2. The van der Waals surface area contributed by atoms with Gasteiger partial charge in [0.2, 0.25) is 5.91 Å². The number of pyridine rings is 2. The maximum absolute atomic E-state index is 13.0. The molecular formula is C20H27N7O2. The van der Waals surface area contributed by atoms with Crippen LogP contribution in [0.4, 0.5) is 11.6 Å². The highest BCUT2D eigenvalue weighted by molar-refractivity contribution is 5.93. The van der Waals surface area contributed by atoms with Crippen LogP contribution in [0.1, 0.15) is 27.2 Å². The van der Waals surface area contributed by atoms with Gasteiger partial charge in [0, 0.05) is 37.1 Å². The van der Waals surface area contributed by atoms with Crippen molar-refractivity contribution in [3.8, 4) is 0 Å². The highest BCUT2D eigenvalue weighted by Crippen LogP contribution is 2.25. The van der Waals surface area contributed by atoms with Crippen molar-refractivity contribution in [2.45, 2.75) is 39.3 Å². The minimum Gasteiger partial charge on any atom is -0.402 e. The average Bonchev–Trinajstić information content (AvgIpc) is 2.62. The van der Waals surface area contributed by atoms with Gasteiger partial charge in [0.15, 0.2) is 0 Å². The third kappa shape index (κ3) is 5.93. The number of nitrogens with zero attached hydrogens (tertiary/aromatic N) is 3. The van der Waals surface area contributed by atoms with E-state index in [1.165, 1.54) is 23.1 Å².